The van der Waals surface area contributed by atoms with E-state index in [-0.39, 0.29) is 17.7 Å². The number of hydrogen-bond donors (Lipinski definition) is 1. The number of rotatable bonds is 3. The van der Waals surface area contributed by atoms with E-state index in [9.17, 15) is 14.4 Å². The highest BCUT2D eigenvalue weighted by atomic mass is 16.6. The quantitative estimate of drug-likeness (QED) is 0.795. The Morgan fingerprint density at radius 2 is 1.59 bits per heavy atom. The minimum Gasteiger partial charge on any atom is -0.486 e. The maximum absolute atomic E-state index is 12.9. The molecule has 144 valence electrons. The highest BCUT2D eigenvalue weighted by Crippen LogP contribution is 2.48. The average molecular weight is 373 g/mol. The summed E-state index contributed by atoms with van der Waals surface area (Å²) in [5, 5.41) is 2.86. The van der Waals surface area contributed by atoms with Crippen molar-refractivity contribution in [3.63, 3.8) is 0 Å². The molecule has 2 heterocycles. The van der Waals surface area contributed by atoms with Gasteiger partial charge < -0.3 is 24.6 Å². The summed E-state index contributed by atoms with van der Waals surface area (Å²) in [6, 6.07) is 5.22. The molecule has 8 nitrogen and oxygen atoms in total. The second-order valence-corrected chi connectivity index (χ2v) is 7.19. The number of ether oxygens (including phenoxy) is 2. The van der Waals surface area contributed by atoms with Crippen LogP contribution in [0.1, 0.15) is 19.8 Å². The highest BCUT2D eigenvalue weighted by Gasteiger charge is 2.58. The van der Waals surface area contributed by atoms with E-state index in [4.69, 9.17) is 9.47 Å². The minimum atomic E-state index is -0.981. The van der Waals surface area contributed by atoms with E-state index in [1.807, 2.05) is 0 Å². The topological polar surface area (TPSA) is 88.2 Å². The summed E-state index contributed by atoms with van der Waals surface area (Å²) in [6.07, 6.45) is 1.10. The van der Waals surface area contributed by atoms with Gasteiger partial charge in [0.25, 0.3) is 0 Å². The fourth-order valence-electron chi connectivity index (χ4n) is 3.56. The molecular weight excluding hydrogens is 350 g/mol. The van der Waals surface area contributed by atoms with Gasteiger partial charge in [-0.15, -0.1) is 0 Å². The van der Waals surface area contributed by atoms with Gasteiger partial charge in [0.05, 0.1) is 0 Å². The zero-order chi connectivity index (χ0) is 19.0. The molecule has 3 amide bonds. The molecule has 8 heteroatoms. The first-order valence-electron chi connectivity index (χ1n) is 9.26. The molecule has 3 aliphatic rings. The van der Waals surface area contributed by atoms with Crippen molar-refractivity contribution in [2.24, 2.45) is 5.41 Å². The van der Waals surface area contributed by atoms with Gasteiger partial charge in [-0.2, -0.15) is 0 Å². The molecule has 0 radical (unpaired) electrons. The molecular formula is C19H23N3O5. The Kier molecular flexibility index (Phi) is 4.41. The molecule has 1 saturated heterocycles. The molecule has 2 fully saturated rings. The van der Waals surface area contributed by atoms with Crippen molar-refractivity contribution in [3.8, 4) is 11.5 Å². The van der Waals surface area contributed by atoms with Crippen molar-refractivity contribution in [2.75, 3.05) is 44.7 Å². The van der Waals surface area contributed by atoms with Crippen LogP contribution in [0.15, 0.2) is 18.2 Å². The van der Waals surface area contributed by atoms with Gasteiger partial charge in [-0.3, -0.25) is 14.4 Å². The van der Waals surface area contributed by atoms with Crippen molar-refractivity contribution in [1.82, 2.24) is 9.80 Å². The van der Waals surface area contributed by atoms with E-state index in [1.165, 1.54) is 6.92 Å². The normalized spacial score (nSPS) is 20.0. The molecule has 0 bridgehead atoms. The van der Waals surface area contributed by atoms with E-state index in [0.29, 0.717) is 69.4 Å². The Hall–Kier alpha value is -2.77. The Labute approximate surface area is 157 Å². The molecule has 27 heavy (non-hydrogen) atoms. The van der Waals surface area contributed by atoms with Crippen LogP contribution in [0.5, 0.6) is 11.5 Å². The number of amides is 3. The van der Waals surface area contributed by atoms with Gasteiger partial charge in [-0.1, -0.05) is 0 Å². The second kappa shape index (κ2) is 6.75. The number of carbonyl (C=O) groups is 3. The standard InChI is InChI=1S/C19H23N3O5/c1-13(23)21-6-8-22(9-7-21)18(25)19(4-5-19)17(24)20-14-2-3-15-16(12-14)27-11-10-26-15/h2-3,12H,4-11H2,1H3,(H,20,24). The number of anilines is 1. The molecule has 1 aromatic carbocycles. The van der Waals surface area contributed by atoms with Gasteiger partial charge in [0.15, 0.2) is 11.5 Å². The molecule has 1 aromatic rings. The molecule has 2 aliphatic heterocycles. The number of nitrogens with one attached hydrogen (secondary N) is 1. The van der Waals surface area contributed by atoms with Gasteiger partial charge in [0.2, 0.25) is 17.7 Å². The first-order chi connectivity index (χ1) is 13.0. The molecule has 1 N–H and O–H groups in total. The zero-order valence-corrected chi connectivity index (χ0v) is 15.3. The van der Waals surface area contributed by atoms with E-state index in [1.54, 1.807) is 28.0 Å². The second-order valence-electron chi connectivity index (χ2n) is 7.19. The summed E-state index contributed by atoms with van der Waals surface area (Å²) in [5.74, 6) is 0.842. The van der Waals surface area contributed by atoms with Crippen LogP contribution in [0.3, 0.4) is 0 Å². The van der Waals surface area contributed by atoms with Crippen molar-refractivity contribution >= 4 is 23.4 Å². The SMILES string of the molecule is CC(=O)N1CCN(C(=O)C2(C(=O)Nc3ccc4c(c3)OCCO4)CC2)CC1. The van der Waals surface area contributed by atoms with Gasteiger partial charge in [-0.05, 0) is 25.0 Å². The third kappa shape index (κ3) is 3.31. The summed E-state index contributed by atoms with van der Waals surface area (Å²) in [5.41, 5.74) is -0.393. The van der Waals surface area contributed by atoms with Crippen LogP contribution in [0.2, 0.25) is 0 Å². The number of nitrogens with zero attached hydrogens (tertiary/aromatic N) is 2. The van der Waals surface area contributed by atoms with Crippen molar-refractivity contribution in [2.45, 2.75) is 19.8 Å². The fourth-order valence-corrected chi connectivity index (χ4v) is 3.56. The third-order valence-corrected chi connectivity index (χ3v) is 5.41. The molecule has 0 atom stereocenters. The van der Waals surface area contributed by atoms with Gasteiger partial charge in [0, 0.05) is 44.9 Å². The van der Waals surface area contributed by atoms with E-state index >= 15 is 0 Å². The highest BCUT2D eigenvalue weighted by molar-refractivity contribution is 6.13. The summed E-state index contributed by atoms with van der Waals surface area (Å²) >= 11 is 0. The number of fused-ring (bicyclic) bond motifs is 1. The van der Waals surface area contributed by atoms with Gasteiger partial charge in [0.1, 0.15) is 18.6 Å². The molecule has 1 saturated carbocycles. The smallest absolute Gasteiger partial charge is 0.240 e. The van der Waals surface area contributed by atoms with Crippen LogP contribution >= 0.6 is 0 Å². The predicted molar refractivity (Wildman–Crippen MR) is 96.6 cm³/mol. The van der Waals surface area contributed by atoms with Gasteiger partial charge >= 0.3 is 0 Å². The fraction of sp³-hybridized carbons (Fsp3) is 0.526. The number of carbonyl (C=O) groups excluding carboxylic acids is 3. The van der Waals surface area contributed by atoms with Crippen LogP contribution in [-0.4, -0.2) is 66.9 Å². The lowest BCUT2D eigenvalue weighted by Crippen LogP contribution is -2.53. The van der Waals surface area contributed by atoms with Crippen LogP contribution in [0, 0.1) is 5.41 Å². The van der Waals surface area contributed by atoms with E-state index in [2.05, 4.69) is 5.32 Å². The van der Waals surface area contributed by atoms with E-state index in [0.717, 1.165) is 0 Å². The first kappa shape index (κ1) is 17.6. The van der Waals surface area contributed by atoms with Crippen LogP contribution in [0.25, 0.3) is 0 Å². The van der Waals surface area contributed by atoms with Gasteiger partial charge in [-0.25, -0.2) is 0 Å². The van der Waals surface area contributed by atoms with Crippen LogP contribution in [-0.2, 0) is 14.4 Å². The third-order valence-electron chi connectivity index (χ3n) is 5.41. The summed E-state index contributed by atoms with van der Waals surface area (Å²) < 4.78 is 11.0. The average Bonchev–Trinajstić information content (AvgIpc) is 3.49. The minimum absolute atomic E-state index is 0.0135. The summed E-state index contributed by atoms with van der Waals surface area (Å²) in [4.78, 5) is 40.6. The molecule has 0 aromatic heterocycles. The Bertz CT molecular complexity index is 782. The number of benzene rings is 1. The van der Waals surface area contributed by atoms with Crippen molar-refractivity contribution in [1.29, 1.82) is 0 Å². The molecule has 4 rings (SSSR count). The van der Waals surface area contributed by atoms with E-state index < -0.39 is 5.41 Å². The predicted octanol–water partition coefficient (Wildman–Crippen LogP) is 0.867. The monoisotopic (exact) mass is 373 g/mol. The lowest BCUT2D eigenvalue weighted by Gasteiger charge is -2.35. The van der Waals surface area contributed by atoms with Crippen molar-refractivity contribution in [3.05, 3.63) is 18.2 Å². The largest absolute Gasteiger partial charge is 0.486 e. The summed E-state index contributed by atoms with van der Waals surface area (Å²) in [7, 11) is 0. The van der Waals surface area contributed by atoms with Crippen molar-refractivity contribution < 1.29 is 23.9 Å². The lowest BCUT2D eigenvalue weighted by molar-refractivity contribution is -0.146. The lowest BCUT2D eigenvalue weighted by atomic mass is 10.0. The Morgan fingerprint density at radius 1 is 0.963 bits per heavy atom. The van der Waals surface area contributed by atoms with Crippen LogP contribution < -0.4 is 14.8 Å². The number of hydrogen-bond acceptors (Lipinski definition) is 5. The zero-order valence-electron chi connectivity index (χ0n) is 15.3. The maximum atomic E-state index is 12.9. The Morgan fingerprint density at radius 3 is 2.22 bits per heavy atom. The first-order valence-corrected chi connectivity index (χ1v) is 9.26. The molecule has 0 unspecified atom stereocenters. The van der Waals surface area contributed by atoms with Crippen LogP contribution in [0.4, 0.5) is 5.69 Å². The number of piperazine rings is 1. The molecule has 1 aliphatic carbocycles. The molecule has 0 spiro atoms. The Balaban J connectivity index is 1.41. The summed E-state index contributed by atoms with van der Waals surface area (Å²) in [6.45, 7) is 4.48. The maximum Gasteiger partial charge on any atom is 0.240 e.